The second-order valence-electron chi connectivity index (χ2n) is 5.32. The first-order valence-electron chi connectivity index (χ1n) is 6.92. The molecule has 0 bridgehead atoms. The summed E-state index contributed by atoms with van der Waals surface area (Å²) >= 11 is 0. The summed E-state index contributed by atoms with van der Waals surface area (Å²) < 4.78 is 5.38. The number of nitrogens with two attached hydrogens (primary N) is 1. The molecule has 3 N–H and O–H groups in total. The van der Waals surface area contributed by atoms with Crippen LogP contribution in [0.1, 0.15) is 28.3 Å². The third-order valence-electron chi connectivity index (χ3n) is 3.89. The van der Waals surface area contributed by atoms with Gasteiger partial charge in [-0.25, -0.2) is 0 Å². The minimum absolute atomic E-state index is 0.0381. The summed E-state index contributed by atoms with van der Waals surface area (Å²) in [6.07, 6.45) is 0.419. The van der Waals surface area contributed by atoms with Crippen molar-refractivity contribution in [1.82, 2.24) is 0 Å². The number of hydrogen-bond donors (Lipinski definition) is 2. The van der Waals surface area contributed by atoms with Crippen LogP contribution in [0, 0.1) is 6.92 Å². The van der Waals surface area contributed by atoms with Crippen LogP contribution in [-0.4, -0.2) is 13.0 Å². The Morgan fingerprint density at radius 2 is 2.05 bits per heavy atom. The van der Waals surface area contributed by atoms with Gasteiger partial charge in [0.2, 0.25) is 5.91 Å². The molecule has 1 heterocycles. The van der Waals surface area contributed by atoms with Crippen LogP contribution < -0.4 is 15.8 Å². The normalized spacial score (nSPS) is 14.5. The van der Waals surface area contributed by atoms with Crippen molar-refractivity contribution in [1.29, 1.82) is 0 Å². The van der Waals surface area contributed by atoms with Crippen LogP contribution >= 0.6 is 0 Å². The highest BCUT2D eigenvalue weighted by atomic mass is 16.5. The smallest absolute Gasteiger partial charge is 0.228 e. The Labute approximate surface area is 123 Å². The second-order valence-corrected chi connectivity index (χ2v) is 5.32. The van der Waals surface area contributed by atoms with Crippen LogP contribution in [0.5, 0.6) is 5.75 Å². The van der Waals surface area contributed by atoms with E-state index in [2.05, 4.69) is 5.32 Å². The van der Waals surface area contributed by atoms with Crippen LogP contribution in [0.25, 0.3) is 0 Å². The number of amides is 1. The van der Waals surface area contributed by atoms with Gasteiger partial charge in [-0.05, 0) is 29.7 Å². The lowest BCUT2D eigenvalue weighted by Gasteiger charge is -2.18. The summed E-state index contributed by atoms with van der Waals surface area (Å²) in [5.74, 6) is 0.813. The number of aryl methyl sites for hydroxylation is 1. The number of carbonyl (C=O) groups is 1. The summed E-state index contributed by atoms with van der Waals surface area (Å²) in [5.41, 5.74) is 11.3. The van der Waals surface area contributed by atoms with Gasteiger partial charge in [-0.2, -0.15) is 0 Å². The SMILES string of the molecule is COc1ccccc1C(N)c1cc(C)c2c(c1)CC(=O)N2. The summed E-state index contributed by atoms with van der Waals surface area (Å²) in [6, 6.07) is 11.5. The Balaban J connectivity index is 2.03. The maximum absolute atomic E-state index is 11.5. The van der Waals surface area contributed by atoms with Crippen molar-refractivity contribution >= 4 is 11.6 Å². The Hall–Kier alpha value is -2.33. The van der Waals surface area contributed by atoms with Gasteiger partial charge in [0.1, 0.15) is 5.75 Å². The monoisotopic (exact) mass is 282 g/mol. The second kappa shape index (κ2) is 5.22. The number of fused-ring (bicyclic) bond motifs is 1. The minimum atomic E-state index is -0.277. The maximum atomic E-state index is 11.5. The Morgan fingerprint density at radius 1 is 1.29 bits per heavy atom. The number of methoxy groups -OCH3 is 1. The van der Waals surface area contributed by atoms with E-state index in [1.54, 1.807) is 7.11 Å². The predicted molar refractivity (Wildman–Crippen MR) is 82.5 cm³/mol. The van der Waals surface area contributed by atoms with E-state index in [0.29, 0.717) is 6.42 Å². The number of ether oxygens (including phenoxy) is 1. The molecule has 1 atom stereocenters. The molecular weight excluding hydrogens is 264 g/mol. The quantitative estimate of drug-likeness (QED) is 0.909. The fourth-order valence-electron chi connectivity index (χ4n) is 2.85. The molecule has 3 rings (SSSR count). The lowest BCUT2D eigenvalue weighted by molar-refractivity contribution is -0.115. The van der Waals surface area contributed by atoms with Crippen LogP contribution in [0.4, 0.5) is 5.69 Å². The van der Waals surface area contributed by atoms with Gasteiger partial charge < -0.3 is 15.8 Å². The average Bonchev–Trinajstić information content (AvgIpc) is 2.87. The first-order chi connectivity index (χ1) is 10.1. The van der Waals surface area contributed by atoms with E-state index in [0.717, 1.165) is 33.7 Å². The van der Waals surface area contributed by atoms with Crippen molar-refractivity contribution in [2.45, 2.75) is 19.4 Å². The lowest BCUT2D eigenvalue weighted by Crippen LogP contribution is -2.13. The van der Waals surface area contributed by atoms with Gasteiger partial charge in [0, 0.05) is 11.3 Å². The molecule has 0 radical (unpaired) electrons. The highest BCUT2D eigenvalue weighted by Gasteiger charge is 2.22. The van der Waals surface area contributed by atoms with Crippen LogP contribution in [0.15, 0.2) is 36.4 Å². The molecule has 0 spiro atoms. The minimum Gasteiger partial charge on any atom is -0.496 e. The molecule has 2 aromatic carbocycles. The molecule has 0 aliphatic carbocycles. The van der Waals surface area contributed by atoms with E-state index < -0.39 is 0 Å². The number of para-hydroxylation sites is 1. The number of rotatable bonds is 3. The summed E-state index contributed by atoms with van der Waals surface area (Å²) in [4.78, 5) is 11.5. The third-order valence-corrected chi connectivity index (χ3v) is 3.89. The number of hydrogen-bond acceptors (Lipinski definition) is 3. The van der Waals surface area contributed by atoms with E-state index in [4.69, 9.17) is 10.5 Å². The Bertz CT molecular complexity index is 710. The molecule has 0 aromatic heterocycles. The Morgan fingerprint density at radius 3 is 2.81 bits per heavy atom. The van der Waals surface area contributed by atoms with Gasteiger partial charge in [0.15, 0.2) is 0 Å². The van der Waals surface area contributed by atoms with E-state index in [1.807, 2.05) is 43.3 Å². The first-order valence-corrected chi connectivity index (χ1v) is 6.92. The lowest BCUT2D eigenvalue weighted by atomic mass is 9.94. The summed E-state index contributed by atoms with van der Waals surface area (Å²) in [7, 11) is 1.64. The zero-order chi connectivity index (χ0) is 15.0. The number of nitrogens with one attached hydrogen (secondary N) is 1. The number of benzene rings is 2. The van der Waals surface area contributed by atoms with Crippen molar-refractivity contribution in [2.75, 3.05) is 12.4 Å². The van der Waals surface area contributed by atoms with Gasteiger partial charge >= 0.3 is 0 Å². The molecule has 1 unspecified atom stereocenters. The van der Waals surface area contributed by atoms with Crippen molar-refractivity contribution in [2.24, 2.45) is 5.73 Å². The fraction of sp³-hybridized carbons (Fsp3) is 0.235. The largest absolute Gasteiger partial charge is 0.496 e. The maximum Gasteiger partial charge on any atom is 0.228 e. The highest BCUT2D eigenvalue weighted by Crippen LogP contribution is 2.34. The molecule has 1 aliphatic heterocycles. The van der Waals surface area contributed by atoms with Crippen LogP contribution in [0.3, 0.4) is 0 Å². The van der Waals surface area contributed by atoms with E-state index >= 15 is 0 Å². The van der Waals surface area contributed by atoms with Crippen LogP contribution in [0.2, 0.25) is 0 Å². The molecule has 1 aliphatic rings. The first kappa shape index (κ1) is 13.6. The molecule has 4 heteroatoms. The van der Waals surface area contributed by atoms with Crippen molar-refractivity contribution < 1.29 is 9.53 Å². The molecule has 21 heavy (non-hydrogen) atoms. The molecule has 0 saturated heterocycles. The van der Waals surface area contributed by atoms with Crippen LogP contribution in [-0.2, 0) is 11.2 Å². The van der Waals surface area contributed by atoms with Gasteiger partial charge in [-0.3, -0.25) is 4.79 Å². The van der Waals surface area contributed by atoms with E-state index in [1.165, 1.54) is 0 Å². The topological polar surface area (TPSA) is 64.3 Å². The van der Waals surface area contributed by atoms with Gasteiger partial charge in [-0.1, -0.05) is 30.3 Å². The van der Waals surface area contributed by atoms with Crippen molar-refractivity contribution in [3.05, 3.63) is 58.7 Å². The van der Waals surface area contributed by atoms with Crippen molar-refractivity contribution in [3.63, 3.8) is 0 Å². The third kappa shape index (κ3) is 2.38. The molecule has 0 saturated carbocycles. The molecule has 1 amide bonds. The van der Waals surface area contributed by atoms with Gasteiger partial charge in [0.05, 0.1) is 19.6 Å². The molecule has 2 aromatic rings. The molecular formula is C17H18N2O2. The van der Waals surface area contributed by atoms with Crippen molar-refractivity contribution in [3.8, 4) is 5.75 Å². The average molecular weight is 282 g/mol. The predicted octanol–water partition coefficient (Wildman–Crippen LogP) is 2.55. The van der Waals surface area contributed by atoms with E-state index in [9.17, 15) is 4.79 Å². The number of carbonyl (C=O) groups excluding carboxylic acids is 1. The van der Waals surface area contributed by atoms with Gasteiger partial charge in [-0.15, -0.1) is 0 Å². The standard InChI is InChI=1S/C17H18N2O2/c1-10-7-11(8-12-9-15(20)19-17(10)12)16(18)13-5-3-4-6-14(13)21-2/h3-8,16H,9,18H2,1-2H3,(H,19,20). The fourth-order valence-corrected chi connectivity index (χ4v) is 2.85. The van der Waals surface area contributed by atoms with E-state index in [-0.39, 0.29) is 11.9 Å². The summed E-state index contributed by atoms with van der Waals surface area (Å²) in [5, 5.41) is 2.89. The van der Waals surface area contributed by atoms with Gasteiger partial charge in [0.25, 0.3) is 0 Å². The number of anilines is 1. The highest BCUT2D eigenvalue weighted by molar-refractivity contribution is 6.00. The molecule has 108 valence electrons. The zero-order valence-corrected chi connectivity index (χ0v) is 12.1. The zero-order valence-electron chi connectivity index (χ0n) is 12.1. The summed E-state index contributed by atoms with van der Waals surface area (Å²) in [6.45, 7) is 1.99. The molecule has 0 fully saturated rings. The molecule has 4 nitrogen and oxygen atoms in total. The Kier molecular flexibility index (Phi) is 3.39.